The Kier molecular flexibility index (Phi) is 5.05. The van der Waals surface area contributed by atoms with E-state index in [1.165, 1.54) is 24.8 Å². The molecule has 2 atom stereocenters. The summed E-state index contributed by atoms with van der Waals surface area (Å²) in [4.78, 5) is 7.18. The topological polar surface area (TPSA) is 41.3 Å². The van der Waals surface area contributed by atoms with Crippen LogP contribution in [-0.2, 0) is 6.54 Å². The second-order valence-electron chi connectivity index (χ2n) is 6.67. The molecule has 0 saturated carbocycles. The van der Waals surface area contributed by atoms with Gasteiger partial charge < -0.3 is 9.73 Å². The van der Waals surface area contributed by atoms with E-state index >= 15 is 0 Å². The van der Waals surface area contributed by atoms with E-state index in [-0.39, 0.29) is 12.4 Å². The number of nitrogens with zero attached hydrogens (tertiary/aromatic N) is 2. The summed E-state index contributed by atoms with van der Waals surface area (Å²) in [5.74, 6) is 0.726. The van der Waals surface area contributed by atoms with Crippen molar-refractivity contribution in [3.63, 3.8) is 0 Å². The van der Waals surface area contributed by atoms with Crippen molar-refractivity contribution in [3.8, 4) is 11.5 Å². The highest BCUT2D eigenvalue weighted by Gasteiger charge is 2.29. The third kappa shape index (κ3) is 3.77. The Hall–Kier alpha value is -1.36. The maximum absolute atomic E-state index is 5.67. The minimum atomic E-state index is 0. The lowest BCUT2D eigenvalue weighted by Gasteiger charge is -2.22. The van der Waals surface area contributed by atoms with Crippen LogP contribution in [0, 0.1) is 6.92 Å². The van der Waals surface area contributed by atoms with E-state index in [0.717, 1.165) is 42.8 Å². The summed E-state index contributed by atoms with van der Waals surface area (Å²) in [7, 11) is 0. The molecule has 2 fully saturated rings. The van der Waals surface area contributed by atoms with Gasteiger partial charge in [-0.2, -0.15) is 0 Å². The molecule has 0 aliphatic carbocycles. The summed E-state index contributed by atoms with van der Waals surface area (Å²) in [6, 6.07) is 9.72. The number of rotatable bonds is 3. The van der Waals surface area contributed by atoms with E-state index in [2.05, 4.69) is 46.4 Å². The third-order valence-corrected chi connectivity index (χ3v) is 4.84. The van der Waals surface area contributed by atoms with Crippen LogP contribution < -0.4 is 5.32 Å². The molecule has 5 heteroatoms. The third-order valence-electron chi connectivity index (χ3n) is 4.84. The summed E-state index contributed by atoms with van der Waals surface area (Å²) in [5.41, 5.74) is 3.34. The molecule has 124 valence electrons. The largest absolute Gasteiger partial charge is 0.444 e. The number of halogens is 1. The molecular weight excluding hydrogens is 310 g/mol. The number of aryl methyl sites for hydroxylation is 1. The van der Waals surface area contributed by atoms with Gasteiger partial charge in [0, 0.05) is 37.3 Å². The smallest absolute Gasteiger partial charge is 0.226 e. The van der Waals surface area contributed by atoms with Gasteiger partial charge in [-0.1, -0.05) is 17.7 Å². The average molecular weight is 334 g/mol. The number of hydrogen-bond donors (Lipinski definition) is 1. The van der Waals surface area contributed by atoms with Gasteiger partial charge in [0.25, 0.3) is 0 Å². The number of benzene rings is 1. The highest BCUT2D eigenvalue weighted by molar-refractivity contribution is 5.85. The normalized spacial score (nSPS) is 24.2. The summed E-state index contributed by atoms with van der Waals surface area (Å²) in [5, 5.41) is 3.72. The van der Waals surface area contributed by atoms with Gasteiger partial charge in [0.15, 0.2) is 0 Å². The van der Waals surface area contributed by atoms with Crippen LogP contribution in [0.5, 0.6) is 0 Å². The molecule has 3 heterocycles. The first kappa shape index (κ1) is 16.5. The predicted octanol–water partition coefficient (Wildman–Crippen LogP) is 3.40. The molecule has 0 spiro atoms. The lowest BCUT2D eigenvalue weighted by Crippen LogP contribution is -2.35. The molecule has 2 aliphatic heterocycles. The van der Waals surface area contributed by atoms with Gasteiger partial charge in [-0.05, 0) is 38.3 Å². The zero-order chi connectivity index (χ0) is 14.9. The molecular formula is C18H24ClN3O. The number of likely N-dealkylation sites (tertiary alicyclic amines) is 1. The van der Waals surface area contributed by atoms with E-state index in [4.69, 9.17) is 4.42 Å². The molecule has 0 amide bonds. The van der Waals surface area contributed by atoms with Crippen molar-refractivity contribution in [2.45, 2.75) is 44.8 Å². The second-order valence-corrected chi connectivity index (χ2v) is 6.67. The van der Waals surface area contributed by atoms with Crippen LogP contribution in [0.2, 0.25) is 0 Å². The average Bonchev–Trinajstić information content (AvgIpc) is 3.09. The van der Waals surface area contributed by atoms with Gasteiger partial charge in [0.2, 0.25) is 5.89 Å². The van der Waals surface area contributed by atoms with Crippen molar-refractivity contribution in [1.29, 1.82) is 0 Å². The zero-order valence-corrected chi connectivity index (χ0v) is 14.3. The Morgan fingerprint density at radius 2 is 1.96 bits per heavy atom. The zero-order valence-electron chi connectivity index (χ0n) is 13.5. The number of oxazole rings is 1. The molecule has 4 rings (SSSR count). The fourth-order valence-electron chi connectivity index (χ4n) is 3.60. The molecule has 2 unspecified atom stereocenters. The fourth-order valence-corrected chi connectivity index (χ4v) is 3.60. The van der Waals surface area contributed by atoms with Gasteiger partial charge >= 0.3 is 0 Å². The number of fused-ring (bicyclic) bond motifs is 2. The molecule has 4 nitrogen and oxygen atoms in total. The summed E-state index contributed by atoms with van der Waals surface area (Å²) < 4.78 is 5.67. The van der Waals surface area contributed by atoms with Crippen molar-refractivity contribution < 1.29 is 4.42 Å². The Bertz CT molecular complexity index is 640. The van der Waals surface area contributed by atoms with E-state index in [0.29, 0.717) is 6.04 Å². The molecule has 1 aromatic heterocycles. The Labute approximate surface area is 143 Å². The minimum Gasteiger partial charge on any atom is -0.444 e. The van der Waals surface area contributed by atoms with Gasteiger partial charge in [0.1, 0.15) is 6.26 Å². The van der Waals surface area contributed by atoms with Crippen molar-refractivity contribution in [3.05, 3.63) is 41.8 Å². The van der Waals surface area contributed by atoms with Crippen molar-refractivity contribution in [2.24, 2.45) is 0 Å². The fraction of sp³-hybridized carbons (Fsp3) is 0.500. The Morgan fingerprint density at radius 3 is 2.78 bits per heavy atom. The maximum atomic E-state index is 5.67. The van der Waals surface area contributed by atoms with Crippen LogP contribution in [0.1, 0.15) is 30.5 Å². The standard InChI is InChI=1S/C18H23N3O.ClH/c1-13-2-4-14(5-3-13)18-20-17(12-22-18)11-21-9-8-15-6-7-16(10-21)19-15;/h2-5,12,15-16,19H,6-11H2,1H3;1H. The lowest BCUT2D eigenvalue weighted by atomic mass is 10.1. The van der Waals surface area contributed by atoms with Gasteiger partial charge in [-0.15, -0.1) is 12.4 Å². The first-order chi connectivity index (χ1) is 10.8. The molecule has 1 aromatic carbocycles. The molecule has 1 N–H and O–H groups in total. The molecule has 2 aromatic rings. The van der Waals surface area contributed by atoms with Crippen LogP contribution in [0.25, 0.3) is 11.5 Å². The van der Waals surface area contributed by atoms with Crippen LogP contribution in [0.3, 0.4) is 0 Å². The van der Waals surface area contributed by atoms with Crippen LogP contribution in [0.4, 0.5) is 0 Å². The SMILES string of the molecule is Cc1ccc(-c2nc(CN3CCC4CCC(C3)N4)co2)cc1.Cl. The summed E-state index contributed by atoms with van der Waals surface area (Å²) in [6.45, 7) is 5.26. The first-order valence-electron chi connectivity index (χ1n) is 8.26. The number of nitrogens with one attached hydrogen (secondary N) is 1. The van der Waals surface area contributed by atoms with Crippen molar-refractivity contribution in [1.82, 2.24) is 15.2 Å². The van der Waals surface area contributed by atoms with Gasteiger partial charge in [0.05, 0.1) is 5.69 Å². The van der Waals surface area contributed by atoms with E-state index in [1.807, 2.05) is 6.26 Å². The summed E-state index contributed by atoms with van der Waals surface area (Å²) in [6.07, 6.45) is 5.72. The number of aromatic nitrogens is 1. The molecule has 2 bridgehead atoms. The predicted molar refractivity (Wildman–Crippen MR) is 93.8 cm³/mol. The molecule has 2 saturated heterocycles. The molecule has 2 aliphatic rings. The van der Waals surface area contributed by atoms with Crippen LogP contribution in [0.15, 0.2) is 34.9 Å². The monoisotopic (exact) mass is 333 g/mol. The van der Waals surface area contributed by atoms with Crippen LogP contribution in [-0.4, -0.2) is 35.1 Å². The summed E-state index contributed by atoms with van der Waals surface area (Å²) >= 11 is 0. The van der Waals surface area contributed by atoms with E-state index < -0.39 is 0 Å². The van der Waals surface area contributed by atoms with E-state index in [1.54, 1.807) is 0 Å². The molecule has 0 radical (unpaired) electrons. The Morgan fingerprint density at radius 1 is 1.17 bits per heavy atom. The van der Waals surface area contributed by atoms with Gasteiger partial charge in [-0.25, -0.2) is 4.98 Å². The van der Waals surface area contributed by atoms with Crippen molar-refractivity contribution >= 4 is 12.4 Å². The highest BCUT2D eigenvalue weighted by Crippen LogP contribution is 2.23. The lowest BCUT2D eigenvalue weighted by molar-refractivity contribution is 0.248. The Balaban J connectivity index is 0.00000156. The minimum absolute atomic E-state index is 0. The van der Waals surface area contributed by atoms with Gasteiger partial charge in [-0.3, -0.25) is 4.90 Å². The number of hydrogen-bond acceptors (Lipinski definition) is 4. The van der Waals surface area contributed by atoms with Crippen LogP contribution >= 0.6 is 12.4 Å². The highest BCUT2D eigenvalue weighted by atomic mass is 35.5. The first-order valence-corrected chi connectivity index (χ1v) is 8.26. The van der Waals surface area contributed by atoms with Crippen molar-refractivity contribution in [2.75, 3.05) is 13.1 Å². The maximum Gasteiger partial charge on any atom is 0.226 e. The molecule has 23 heavy (non-hydrogen) atoms. The quantitative estimate of drug-likeness (QED) is 0.934. The van der Waals surface area contributed by atoms with E-state index in [9.17, 15) is 0 Å². The second kappa shape index (κ2) is 7.04.